The summed E-state index contributed by atoms with van der Waals surface area (Å²) in [6, 6.07) is 19.1. The van der Waals surface area contributed by atoms with Crippen LogP contribution in [-0.4, -0.2) is 22.5 Å². The molecule has 0 bridgehead atoms. The molecule has 29 heavy (non-hydrogen) atoms. The fraction of sp³-hybridized carbons (Fsp3) is 0.136. The summed E-state index contributed by atoms with van der Waals surface area (Å²) in [5, 5.41) is 0.643. The molecule has 0 unspecified atom stereocenters. The van der Waals surface area contributed by atoms with Crippen LogP contribution in [0.3, 0.4) is 0 Å². The zero-order chi connectivity index (χ0) is 20.2. The fourth-order valence-corrected chi connectivity index (χ4v) is 4.53. The zero-order valence-corrected chi connectivity index (χ0v) is 18.7. The van der Waals surface area contributed by atoms with Crippen molar-refractivity contribution >= 4 is 55.2 Å². The Morgan fingerprint density at radius 2 is 1.97 bits per heavy atom. The molecule has 1 amide bonds. The maximum atomic E-state index is 13.5. The molecule has 2 heterocycles. The third kappa shape index (κ3) is 4.40. The van der Waals surface area contributed by atoms with Gasteiger partial charge in [0.05, 0.1) is 34.6 Å². The van der Waals surface area contributed by atoms with E-state index < -0.39 is 0 Å². The highest BCUT2D eigenvalue weighted by atomic mass is 127. The first-order valence-electron chi connectivity index (χ1n) is 9.15. The molecule has 0 fully saturated rings. The molecule has 7 heteroatoms. The van der Waals surface area contributed by atoms with Crippen molar-refractivity contribution < 1.29 is 9.53 Å². The van der Waals surface area contributed by atoms with Crippen molar-refractivity contribution in [2.24, 2.45) is 0 Å². The molecule has 0 N–H and O–H groups in total. The van der Waals surface area contributed by atoms with Crippen molar-refractivity contribution in [1.82, 2.24) is 9.97 Å². The molecule has 0 saturated heterocycles. The molecular weight excluding hydrogens is 497 g/mol. The number of anilines is 1. The minimum atomic E-state index is -0.0928. The van der Waals surface area contributed by atoms with Gasteiger partial charge >= 0.3 is 0 Å². The average molecular weight is 515 g/mol. The summed E-state index contributed by atoms with van der Waals surface area (Å²) in [5.41, 5.74) is 2.30. The number of ether oxygens (including phenoxy) is 1. The van der Waals surface area contributed by atoms with Gasteiger partial charge in [0.1, 0.15) is 5.75 Å². The van der Waals surface area contributed by atoms with E-state index >= 15 is 0 Å². The lowest BCUT2D eigenvalue weighted by Crippen LogP contribution is -2.31. The minimum absolute atomic E-state index is 0.0928. The van der Waals surface area contributed by atoms with Crippen LogP contribution in [0.15, 0.2) is 66.9 Å². The van der Waals surface area contributed by atoms with Crippen LogP contribution in [-0.2, 0) is 6.54 Å². The van der Waals surface area contributed by atoms with E-state index in [1.54, 1.807) is 11.1 Å². The Morgan fingerprint density at radius 1 is 1.14 bits per heavy atom. The van der Waals surface area contributed by atoms with Gasteiger partial charge in [-0.05, 0) is 72.0 Å². The average Bonchev–Trinajstić information content (AvgIpc) is 3.16. The van der Waals surface area contributed by atoms with E-state index in [0.717, 1.165) is 25.2 Å². The first-order chi connectivity index (χ1) is 14.2. The summed E-state index contributed by atoms with van der Waals surface area (Å²) < 4.78 is 7.48. The van der Waals surface area contributed by atoms with Crippen molar-refractivity contribution in [2.75, 3.05) is 11.5 Å². The monoisotopic (exact) mass is 515 g/mol. The SMILES string of the molecule is CCOc1ccc2nc(N(Cc3ccccn3)C(=O)c3ccccc3I)sc2c1. The molecule has 0 saturated carbocycles. The van der Waals surface area contributed by atoms with E-state index in [1.165, 1.54) is 11.3 Å². The number of hydrogen-bond acceptors (Lipinski definition) is 5. The number of pyridine rings is 1. The lowest BCUT2D eigenvalue weighted by Gasteiger charge is -2.20. The third-order valence-corrected chi connectivity index (χ3v) is 6.27. The molecule has 146 valence electrons. The van der Waals surface area contributed by atoms with Crippen LogP contribution in [0.4, 0.5) is 5.13 Å². The number of carbonyl (C=O) groups excluding carboxylic acids is 1. The molecule has 2 aromatic carbocycles. The van der Waals surface area contributed by atoms with Crippen LogP contribution in [0.1, 0.15) is 23.0 Å². The zero-order valence-electron chi connectivity index (χ0n) is 15.7. The Bertz CT molecular complexity index is 1150. The maximum absolute atomic E-state index is 13.5. The molecular formula is C22H18IN3O2S. The molecule has 2 aromatic heterocycles. The number of rotatable bonds is 6. The number of aromatic nitrogens is 2. The highest BCUT2D eigenvalue weighted by molar-refractivity contribution is 14.1. The van der Waals surface area contributed by atoms with Crippen molar-refractivity contribution in [3.63, 3.8) is 0 Å². The second-order valence-electron chi connectivity index (χ2n) is 6.25. The van der Waals surface area contributed by atoms with Crippen molar-refractivity contribution in [3.05, 3.63) is 81.7 Å². The van der Waals surface area contributed by atoms with Gasteiger partial charge in [-0.3, -0.25) is 14.7 Å². The van der Waals surface area contributed by atoms with E-state index in [0.29, 0.717) is 23.8 Å². The Labute approximate surface area is 186 Å². The van der Waals surface area contributed by atoms with Crippen LogP contribution in [0.5, 0.6) is 5.75 Å². The number of halogens is 1. The van der Waals surface area contributed by atoms with Gasteiger partial charge in [0.15, 0.2) is 5.13 Å². The largest absolute Gasteiger partial charge is 0.494 e. The van der Waals surface area contributed by atoms with E-state index in [2.05, 4.69) is 27.6 Å². The second kappa shape index (κ2) is 8.87. The molecule has 5 nitrogen and oxygen atoms in total. The highest BCUT2D eigenvalue weighted by Gasteiger charge is 2.23. The summed E-state index contributed by atoms with van der Waals surface area (Å²) >= 11 is 3.67. The standard InChI is InChI=1S/C22H18IN3O2S/c1-2-28-16-10-11-19-20(13-16)29-22(25-19)26(14-15-7-5-6-12-24-15)21(27)17-8-3-4-9-18(17)23/h3-13H,2,14H2,1H3. The topological polar surface area (TPSA) is 55.3 Å². The molecule has 4 aromatic rings. The molecule has 0 aliphatic heterocycles. The fourth-order valence-electron chi connectivity index (χ4n) is 2.92. The van der Waals surface area contributed by atoms with Crippen molar-refractivity contribution in [1.29, 1.82) is 0 Å². The number of fused-ring (bicyclic) bond motifs is 1. The van der Waals surface area contributed by atoms with Crippen molar-refractivity contribution in [2.45, 2.75) is 13.5 Å². The van der Waals surface area contributed by atoms with E-state index in [1.807, 2.05) is 67.6 Å². The Kier molecular flexibility index (Phi) is 6.05. The normalized spacial score (nSPS) is 10.8. The number of benzene rings is 2. The number of hydrogen-bond donors (Lipinski definition) is 0. The van der Waals surface area contributed by atoms with Crippen LogP contribution in [0.2, 0.25) is 0 Å². The predicted molar refractivity (Wildman–Crippen MR) is 125 cm³/mol. The van der Waals surface area contributed by atoms with Gasteiger partial charge in [-0.15, -0.1) is 0 Å². The number of nitrogens with zero attached hydrogens (tertiary/aromatic N) is 3. The van der Waals surface area contributed by atoms with E-state index in [9.17, 15) is 4.79 Å². The van der Waals surface area contributed by atoms with Gasteiger partial charge in [-0.1, -0.05) is 29.5 Å². The second-order valence-corrected chi connectivity index (χ2v) is 8.42. The molecule has 4 rings (SSSR count). The third-order valence-electron chi connectivity index (χ3n) is 4.29. The Hall–Kier alpha value is -2.52. The summed E-state index contributed by atoms with van der Waals surface area (Å²) in [6.45, 7) is 2.91. The smallest absolute Gasteiger partial charge is 0.261 e. The molecule has 0 spiro atoms. The van der Waals surface area contributed by atoms with E-state index in [4.69, 9.17) is 9.72 Å². The number of amides is 1. The summed E-state index contributed by atoms with van der Waals surface area (Å²) in [4.78, 5) is 24.3. The maximum Gasteiger partial charge on any atom is 0.261 e. The predicted octanol–water partition coefficient (Wildman–Crippen LogP) is 5.54. The van der Waals surface area contributed by atoms with Crippen LogP contribution >= 0.6 is 33.9 Å². The summed E-state index contributed by atoms with van der Waals surface area (Å²) in [6.07, 6.45) is 1.73. The summed E-state index contributed by atoms with van der Waals surface area (Å²) in [5.74, 6) is 0.708. The Balaban J connectivity index is 1.76. The molecule has 0 atom stereocenters. The van der Waals surface area contributed by atoms with Gasteiger partial charge in [-0.2, -0.15) is 0 Å². The Morgan fingerprint density at radius 3 is 2.72 bits per heavy atom. The quantitative estimate of drug-likeness (QED) is 0.317. The lowest BCUT2D eigenvalue weighted by atomic mass is 10.2. The first kappa shape index (κ1) is 19.8. The van der Waals surface area contributed by atoms with Crippen molar-refractivity contribution in [3.8, 4) is 5.75 Å². The van der Waals surface area contributed by atoms with Crippen LogP contribution < -0.4 is 9.64 Å². The molecule has 0 radical (unpaired) electrons. The first-order valence-corrected chi connectivity index (χ1v) is 11.0. The molecule has 0 aliphatic rings. The van der Waals surface area contributed by atoms with Gasteiger partial charge in [0.2, 0.25) is 0 Å². The minimum Gasteiger partial charge on any atom is -0.494 e. The van der Waals surface area contributed by atoms with E-state index in [-0.39, 0.29) is 5.91 Å². The van der Waals surface area contributed by atoms with Gasteiger partial charge in [-0.25, -0.2) is 4.98 Å². The van der Waals surface area contributed by atoms with Crippen LogP contribution in [0.25, 0.3) is 10.2 Å². The van der Waals surface area contributed by atoms with Gasteiger partial charge in [0, 0.05) is 9.77 Å². The lowest BCUT2D eigenvalue weighted by molar-refractivity contribution is 0.0984. The highest BCUT2D eigenvalue weighted by Crippen LogP contribution is 2.33. The van der Waals surface area contributed by atoms with Crippen LogP contribution in [0, 0.1) is 3.57 Å². The number of thiazole rings is 1. The molecule has 0 aliphatic carbocycles. The summed E-state index contributed by atoms with van der Waals surface area (Å²) in [7, 11) is 0. The van der Waals surface area contributed by atoms with Gasteiger partial charge in [0.25, 0.3) is 5.91 Å². The van der Waals surface area contributed by atoms with Gasteiger partial charge < -0.3 is 4.74 Å². The number of carbonyl (C=O) groups is 1.